The Balaban J connectivity index is 2.19. The molecule has 2 rings (SSSR count). The summed E-state index contributed by atoms with van der Waals surface area (Å²) in [6.07, 6.45) is 4.24. The second kappa shape index (κ2) is 5.41. The molecule has 0 atom stereocenters. The maximum atomic E-state index is 12.2. The highest BCUT2D eigenvalue weighted by Gasteiger charge is 2.37. The third kappa shape index (κ3) is 3.49. The van der Waals surface area contributed by atoms with E-state index in [4.69, 9.17) is 5.73 Å². The van der Waals surface area contributed by atoms with Crippen LogP contribution in [0.25, 0.3) is 0 Å². The largest absolute Gasteiger partial charge is 0.323 e. The summed E-state index contributed by atoms with van der Waals surface area (Å²) in [6, 6.07) is 6.65. The summed E-state index contributed by atoms with van der Waals surface area (Å²) in [6.45, 7) is 0. The van der Waals surface area contributed by atoms with Crippen LogP contribution in [0.5, 0.6) is 0 Å². The molecule has 1 aliphatic rings. The van der Waals surface area contributed by atoms with Crippen LogP contribution < -0.4 is 15.8 Å². The number of rotatable bonds is 4. The zero-order chi connectivity index (χ0) is 14.8. The van der Waals surface area contributed by atoms with Crippen LogP contribution in [-0.4, -0.2) is 26.1 Å². The van der Waals surface area contributed by atoms with Crippen molar-refractivity contribution in [2.45, 2.75) is 31.2 Å². The molecule has 1 amide bonds. The third-order valence-electron chi connectivity index (χ3n) is 3.42. The number of nitrogens with one attached hydrogen (secondary N) is 2. The zero-order valence-corrected chi connectivity index (χ0v) is 12.2. The van der Waals surface area contributed by atoms with E-state index in [1.54, 1.807) is 24.3 Å². The smallest absolute Gasteiger partial charge is 0.244 e. The van der Waals surface area contributed by atoms with Crippen molar-refractivity contribution < 1.29 is 13.2 Å². The fraction of sp³-hybridized carbons (Fsp3) is 0.462. The number of para-hydroxylation sites is 2. The molecule has 110 valence electrons. The predicted octanol–water partition coefficient (Wildman–Crippen LogP) is 1.27. The maximum absolute atomic E-state index is 12.2. The molecular formula is C13H19N3O3S. The lowest BCUT2D eigenvalue weighted by molar-refractivity contribution is -0.121. The van der Waals surface area contributed by atoms with Crippen LogP contribution in [0.3, 0.4) is 0 Å². The van der Waals surface area contributed by atoms with Crippen molar-refractivity contribution in [1.29, 1.82) is 0 Å². The van der Waals surface area contributed by atoms with E-state index in [0.717, 1.165) is 19.1 Å². The highest BCUT2D eigenvalue weighted by Crippen LogP contribution is 2.30. The first kappa shape index (κ1) is 14.8. The van der Waals surface area contributed by atoms with Crippen LogP contribution in [0.15, 0.2) is 24.3 Å². The van der Waals surface area contributed by atoms with Crippen LogP contribution in [-0.2, 0) is 14.8 Å². The Morgan fingerprint density at radius 3 is 2.30 bits per heavy atom. The number of nitrogens with two attached hydrogens (primary N) is 1. The van der Waals surface area contributed by atoms with Gasteiger partial charge in [0.2, 0.25) is 15.9 Å². The first-order valence-corrected chi connectivity index (χ1v) is 8.36. The number of amides is 1. The van der Waals surface area contributed by atoms with Crippen LogP contribution in [0.1, 0.15) is 25.7 Å². The van der Waals surface area contributed by atoms with E-state index in [2.05, 4.69) is 10.0 Å². The lowest BCUT2D eigenvalue weighted by Gasteiger charge is -2.23. The van der Waals surface area contributed by atoms with Crippen molar-refractivity contribution >= 4 is 27.3 Å². The molecule has 0 saturated heterocycles. The van der Waals surface area contributed by atoms with Crippen molar-refractivity contribution in [2.24, 2.45) is 5.73 Å². The molecule has 7 heteroatoms. The summed E-state index contributed by atoms with van der Waals surface area (Å²) in [5.74, 6) is -0.266. The molecule has 0 aromatic heterocycles. The number of hydrogen-bond donors (Lipinski definition) is 3. The first-order valence-electron chi connectivity index (χ1n) is 6.47. The average Bonchev–Trinajstić information content (AvgIpc) is 2.78. The van der Waals surface area contributed by atoms with E-state index in [0.29, 0.717) is 24.2 Å². The van der Waals surface area contributed by atoms with Gasteiger partial charge in [-0.15, -0.1) is 0 Å². The molecule has 0 heterocycles. The van der Waals surface area contributed by atoms with E-state index in [-0.39, 0.29) is 5.91 Å². The third-order valence-corrected chi connectivity index (χ3v) is 4.01. The normalized spacial score (nSPS) is 17.7. The van der Waals surface area contributed by atoms with Crippen LogP contribution in [0.4, 0.5) is 11.4 Å². The number of sulfonamides is 1. The van der Waals surface area contributed by atoms with Crippen LogP contribution in [0.2, 0.25) is 0 Å². The molecule has 1 fully saturated rings. The molecule has 1 aromatic carbocycles. The summed E-state index contributed by atoms with van der Waals surface area (Å²) in [5.41, 5.74) is 5.98. The van der Waals surface area contributed by atoms with Crippen molar-refractivity contribution in [2.75, 3.05) is 16.3 Å². The summed E-state index contributed by atoms with van der Waals surface area (Å²) in [5, 5.41) is 2.72. The minimum Gasteiger partial charge on any atom is -0.323 e. The van der Waals surface area contributed by atoms with E-state index in [1.165, 1.54) is 0 Å². The van der Waals surface area contributed by atoms with E-state index in [9.17, 15) is 13.2 Å². The summed E-state index contributed by atoms with van der Waals surface area (Å²) in [4.78, 5) is 12.2. The number of anilines is 2. The Bertz CT molecular complexity index is 607. The SMILES string of the molecule is CS(=O)(=O)Nc1ccccc1NC(=O)C1(N)CCCC1. The maximum Gasteiger partial charge on any atom is 0.244 e. The van der Waals surface area contributed by atoms with Crippen molar-refractivity contribution in [1.82, 2.24) is 0 Å². The number of carbonyl (C=O) groups excluding carboxylic acids is 1. The van der Waals surface area contributed by atoms with Gasteiger partial charge in [-0.2, -0.15) is 0 Å². The van der Waals surface area contributed by atoms with Gasteiger partial charge in [0.25, 0.3) is 0 Å². The Hall–Kier alpha value is -1.60. The van der Waals surface area contributed by atoms with E-state index >= 15 is 0 Å². The Kier molecular flexibility index (Phi) is 4.01. The topological polar surface area (TPSA) is 101 Å². The highest BCUT2D eigenvalue weighted by atomic mass is 32.2. The van der Waals surface area contributed by atoms with Crippen LogP contribution >= 0.6 is 0 Å². The fourth-order valence-corrected chi connectivity index (χ4v) is 2.94. The van der Waals surface area contributed by atoms with Gasteiger partial charge in [-0.05, 0) is 25.0 Å². The number of hydrogen-bond acceptors (Lipinski definition) is 4. The van der Waals surface area contributed by atoms with E-state index < -0.39 is 15.6 Å². The summed E-state index contributed by atoms with van der Waals surface area (Å²) >= 11 is 0. The minimum absolute atomic E-state index is 0.266. The van der Waals surface area contributed by atoms with Gasteiger partial charge in [0.1, 0.15) is 0 Å². The second-order valence-corrected chi connectivity index (χ2v) is 6.99. The number of benzene rings is 1. The van der Waals surface area contributed by atoms with Crippen LogP contribution in [0, 0.1) is 0 Å². The number of carbonyl (C=O) groups is 1. The lowest BCUT2D eigenvalue weighted by atomic mass is 9.98. The molecule has 0 aliphatic heterocycles. The minimum atomic E-state index is -3.40. The van der Waals surface area contributed by atoms with Gasteiger partial charge in [0.15, 0.2) is 0 Å². The highest BCUT2D eigenvalue weighted by molar-refractivity contribution is 7.92. The fourth-order valence-electron chi connectivity index (χ4n) is 2.36. The molecule has 4 N–H and O–H groups in total. The lowest BCUT2D eigenvalue weighted by Crippen LogP contribution is -2.48. The molecule has 0 bridgehead atoms. The summed E-state index contributed by atoms with van der Waals surface area (Å²) in [7, 11) is -3.40. The molecule has 20 heavy (non-hydrogen) atoms. The Morgan fingerprint density at radius 1 is 1.20 bits per heavy atom. The molecule has 0 unspecified atom stereocenters. The first-order chi connectivity index (χ1) is 9.30. The quantitative estimate of drug-likeness (QED) is 0.779. The summed E-state index contributed by atoms with van der Waals surface area (Å²) < 4.78 is 25.0. The van der Waals surface area contributed by atoms with Gasteiger partial charge in [0.05, 0.1) is 23.2 Å². The van der Waals surface area contributed by atoms with Gasteiger partial charge in [-0.25, -0.2) is 8.42 Å². The monoisotopic (exact) mass is 297 g/mol. The van der Waals surface area contributed by atoms with Crippen molar-refractivity contribution in [3.05, 3.63) is 24.3 Å². The van der Waals surface area contributed by atoms with Gasteiger partial charge < -0.3 is 11.1 Å². The standard InChI is InChI=1S/C13H19N3O3S/c1-20(18,19)16-11-7-3-2-6-10(11)15-12(17)13(14)8-4-5-9-13/h2-3,6-7,16H,4-5,8-9,14H2,1H3,(H,15,17). The zero-order valence-electron chi connectivity index (χ0n) is 11.3. The van der Waals surface area contributed by atoms with Crippen molar-refractivity contribution in [3.8, 4) is 0 Å². The molecule has 0 radical (unpaired) electrons. The van der Waals surface area contributed by atoms with E-state index in [1.807, 2.05) is 0 Å². The molecule has 1 saturated carbocycles. The molecule has 1 aliphatic carbocycles. The molecule has 6 nitrogen and oxygen atoms in total. The Labute approximate surface area is 118 Å². The molecule has 0 spiro atoms. The van der Waals surface area contributed by atoms with Crippen molar-refractivity contribution in [3.63, 3.8) is 0 Å². The molecule has 1 aromatic rings. The van der Waals surface area contributed by atoms with Gasteiger partial charge >= 0.3 is 0 Å². The predicted molar refractivity (Wildman–Crippen MR) is 78.9 cm³/mol. The van der Waals surface area contributed by atoms with Gasteiger partial charge in [-0.1, -0.05) is 25.0 Å². The Morgan fingerprint density at radius 2 is 1.75 bits per heavy atom. The van der Waals surface area contributed by atoms with Gasteiger partial charge in [-0.3, -0.25) is 9.52 Å². The molecular weight excluding hydrogens is 278 g/mol. The van der Waals surface area contributed by atoms with Gasteiger partial charge in [0, 0.05) is 0 Å². The average molecular weight is 297 g/mol. The second-order valence-electron chi connectivity index (χ2n) is 5.24.